The Morgan fingerprint density at radius 3 is 2.48 bits per heavy atom. The molecular formula is C23H32O2. The van der Waals surface area contributed by atoms with Crippen molar-refractivity contribution in [3.05, 3.63) is 22.8 Å². The van der Waals surface area contributed by atoms with E-state index in [9.17, 15) is 9.59 Å². The van der Waals surface area contributed by atoms with Crippen LogP contribution in [0.2, 0.25) is 0 Å². The van der Waals surface area contributed by atoms with Gasteiger partial charge in [-0.2, -0.15) is 0 Å². The van der Waals surface area contributed by atoms with Crippen LogP contribution in [0.4, 0.5) is 0 Å². The second-order valence-electron chi connectivity index (χ2n) is 9.62. The van der Waals surface area contributed by atoms with Crippen molar-refractivity contribution in [2.45, 2.75) is 73.1 Å². The summed E-state index contributed by atoms with van der Waals surface area (Å²) < 4.78 is 0. The third-order valence-electron chi connectivity index (χ3n) is 8.89. The van der Waals surface area contributed by atoms with E-state index in [4.69, 9.17) is 0 Å². The zero-order chi connectivity index (χ0) is 18.1. The molecule has 0 aromatic rings. The lowest BCUT2D eigenvalue weighted by Crippen LogP contribution is -2.54. The summed E-state index contributed by atoms with van der Waals surface area (Å²) in [7, 11) is 0. The fourth-order valence-corrected chi connectivity index (χ4v) is 7.28. The van der Waals surface area contributed by atoms with Crippen molar-refractivity contribution in [2.75, 3.05) is 0 Å². The lowest BCUT2D eigenvalue weighted by Gasteiger charge is -2.60. The molecule has 0 amide bonds. The Morgan fingerprint density at radius 1 is 1.08 bits per heavy atom. The Hall–Kier alpha value is -1.18. The number of allylic oxidation sites excluding steroid dienone is 3. The molecule has 2 nitrogen and oxygen atoms in total. The Balaban J connectivity index is 1.86. The largest absolute Gasteiger partial charge is 0.299 e. The SMILES string of the molecule is CC=C1C[C@@H]2[C@H](CC[C@]3(C)C(=O)CC[C@@H]23)[C@]2(C)C1=C(C)C(=O)C[C@H]2C. The average molecular weight is 341 g/mol. The minimum atomic E-state index is -0.0830. The van der Waals surface area contributed by atoms with Gasteiger partial charge in [-0.1, -0.05) is 26.8 Å². The highest BCUT2D eigenvalue weighted by Crippen LogP contribution is 2.67. The van der Waals surface area contributed by atoms with Gasteiger partial charge in [0.1, 0.15) is 5.78 Å². The number of Topliss-reactive ketones (excluding diaryl/α,β-unsaturated/α-hetero) is 2. The zero-order valence-electron chi connectivity index (χ0n) is 16.4. The highest BCUT2D eigenvalue weighted by Gasteiger charge is 2.61. The van der Waals surface area contributed by atoms with Crippen molar-refractivity contribution < 1.29 is 9.59 Å². The van der Waals surface area contributed by atoms with Crippen LogP contribution in [-0.2, 0) is 9.59 Å². The standard InChI is InChI=1S/C23H32O2/c1-6-15-12-16-17-7-8-20(25)22(17,4)10-9-18(16)23(5)13(2)11-19(24)14(3)21(15)23/h6,13,16-18H,7-12H2,1-5H3/t13-,16+,17+,18+,22+,23-/m1/s1. The minimum Gasteiger partial charge on any atom is -0.299 e. The van der Waals surface area contributed by atoms with Gasteiger partial charge in [-0.05, 0) is 85.3 Å². The third-order valence-corrected chi connectivity index (χ3v) is 8.89. The number of hydrogen-bond acceptors (Lipinski definition) is 2. The maximum Gasteiger partial charge on any atom is 0.159 e. The van der Waals surface area contributed by atoms with E-state index < -0.39 is 0 Å². The molecule has 2 heteroatoms. The van der Waals surface area contributed by atoms with Gasteiger partial charge in [0.05, 0.1) is 0 Å². The summed E-state index contributed by atoms with van der Waals surface area (Å²) in [5.41, 5.74) is 3.79. The predicted molar refractivity (Wildman–Crippen MR) is 100 cm³/mol. The van der Waals surface area contributed by atoms with E-state index in [2.05, 4.69) is 40.7 Å². The molecule has 0 N–H and O–H groups in total. The van der Waals surface area contributed by atoms with E-state index in [0.29, 0.717) is 41.7 Å². The first-order valence-electron chi connectivity index (χ1n) is 10.2. The van der Waals surface area contributed by atoms with Crippen LogP contribution in [0, 0.1) is 34.5 Å². The van der Waals surface area contributed by atoms with Gasteiger partial charge in [0, 0.05) is 18.3 Å². The number of rotatable bonds is 0. The molecule has 4 aliphatic rings. The minimum absolute atomic E-state index is 0.0830. The van der Waals surface area contributed by atoms with Crippen molar-refractivity contribution >= 4 is 11.6 Å². The third kappa shape index (κ3) is 2.03. The number of fused-ring (bicyclic) bond motifs is 5. The van der Waals surface area contributed by atoms with Crippen molar-refractivity contribution in [1.29, 1.82) is 0 Å². The van der Waals surface area contributed by atoms with Crippen LogP contribution >= 0.6 is 0 Å². The first-order chi connectivity index (χ1) is 11.7. The molecule has 0 aromatic carbocycles. The summed E-state index contributed by atoms with van der Waals surface area (Å²) in [5.74, 6) is 3.00. The molecule has 3 saturated carbocycles. The Kier molecular flexibility index (Phi) is 3.73. The highest BCUT2D eigenvalue weighted by atomic mass is 16.1. The van der Waals surface area contributed by atoms with Crippen molar-refractivity contribution in [3.8, 4) is 0 Å². The molecule has 25 heavy (non-hydrogen) atoms. The molecule has 6 atom stereocenters. The van der Waals surface area contributed by atoms with Gasteiger partial charge < -0.3 is 0 Å². The number of carbonyl (C=O) groups is 2. The maximum absolute atomic E-state index is 12.6. The van der Waals surface area contributed by atoms with Crippen LogP contribution in [0.1, 0.15) is 73.1 Å². The van der Waals surface area contributed by atoms with Crippen LogP contribution in [0.5, 0.6) is 0 Å². The lowest BCUT2D eigenvalue weighted by molar-refractivity contribution is -0.133. The van der Waals surface area contributed by atoms with Crippen molar-refractivity contribution in [3.63, 3.8) is 0 Å². The van der Waals surface area contributed by atoms with Gasteiger partial charge in [0.15, 0.2) is 5.78 Å². The second-order valence-corrected chi connectivity index (χ2v) is 9.62. The van der Waals surface area contributed by atoms with Crippen molar-refractivity contribution in [1.82, 2.24) is 0 Å². The average Bonchev–Trinajstić information content (AvgIpc) is 2.88. The van der Waals surface area contributed by atoms with E-state index in [1.165, 1.54) is 11.1 Å². The lowest BCUT2D eigenvalue weighted by atomic mass is 9.44. The normalized spacial score (nSPS) is 48.4. The van der Waals surface area contributed by atoms with Crippen LogP contribution in [-0.4, -0.2) is 11.6 Å². The van der Waals surface area contributed by atoms with Gasteiger partial charge >= 0.3 is 0 Å². The smallest absolute Gasteiger partial charge is 0.159 e. The van der Waals surface area contributed by atoms with Crippen LogP contribution < -0.4 is 0 Å². The van der Waals surface area contributed by atoms with E-state index >= 15 is 0 Å². The molecule has 0 spiro atoms. The van der Waals surface area contributed by atoms with Crippen molar-refractivity contribution in [2.24, 2.45) is 34.5 Å². The Bertz CT molecular complexity index is 712. The molecule has 0 saturated heterocycles. The Morgan fingerprint density at radius 2 is 1.80 bits per heavy atom. The van der Waals surface area contributed by atoms with E-state index in [1.54, 1.807) is 0 Å². The molecule has 0 unspecified atom stereocenters. The van der Waals surface area contributed by atoms with Gasteiger partial charge in [-0.15, -0.1) is 0 Å². The molecule has 3 fully saturated rings. The first-order valence-corrected chi connectivity index (χ1v) is 10.2. The molecule has 0 heterocycles. The van der Waals surface area contributed by atoms with Crippen LogP contribution in [0.3, 0.4) is 0 Å². The topological polar surface area (TPSA) is 34.1 Å². The highest BCUT2D eigenvalue weighted by molar-refractivity contribution is 5.98. The monoisotopic (exact) mass is 340 g/mol. The fraction of sp³-hybridized carbons (Fsp3) is 0.739. The Labute approximate surface area is 152 Å². The number of ketones is 2. The van der Waals surface area contributed by atoms with E-state index in [0.717, 1.165) is 37.7 Å². The van der Waals surface area contributed by atoms with Gasteiger partial charge in [-0.25, -0.2) is 0 Å². The van der Waals surface area contributed by atoms with Crippen LogP contribution in [0.25, 0.3) is 0 Å². The number of carbonyl (C=O) groups excluding carboxylic acids is 2. The maximum atomic E-state index is 12.6. The fourth-order valence-electron chi connectivity index (χ4n) is 7.28. The molecule has 4 aliphatic carbocycles. The molecule has 0 radical (unpaired) electrons. The molecule has 0 bridgehead atoms. The number of hydrogen-bond donors (Lipinski definition) is 0. The first kappa shape index (κ1) is 17.2. The summed E-state index contributed by atoms with van der Waals surface area (Å²) in [5, 5.41) is 0. The predicted octanol–water partition coefficient (Wildman–Crippen LogP) is 5.28. The molecule has 4 rings (SSSR count). The zero-order valence-corrected chi connectivity index (χ0v) is 16.4. The summed E-state index contributed by atoms with van der Waals surface area (Å²) in [6.07, 6.45) is 8.06. The van der Waals surface area contributed by atoms with E-state index in [-0.39, 0.29) is 10.8 Å². The molecule has 0 aromatic heterocycles. The summed E-state index contributed by atoms with van der Waals surface area (Å²) in [4.78, 5) is 25.2. The van der Waals surface area contributed by atoms with Gasteiger partial charge in [0.25, 0.3) is 0 Å². The quantitative estimate of drug-likeness (QED) is 0.601. The van der Waals surface area contributed by atoms with Gasteiger partial charge in [0.2, 0.25) is 0 Å². The molecule has 136 valence electrons. The summed E-state index contributed by atoms with van der Waals surface area (Å²) in [6.45, 7) is 11.1. The van der Waals surface area contributed by atoms with Gasteiger partial charge in [-0.3, -0.25) is 9.59 Å². The summed E-state index contributed by atoms with van der Waals surface area (Å²) in [6, 6.07) is 0. The summed E-state index contributed by atoms with van der Waals surface area (Å²) >= 11 is 0. The second kappa shape index (κ2) is 5.41. The molecule has 0 aliphatic heterocycles. The molecular weight excluding hydrogens is 308 g/mol. The van der Waals surface area contributed by atoms with Crippen LogP contribution in [0.15, 0.2) is 22.8 Å². The van der Waals surface area contributed by atoms with E-state index in [1.807, 2.05) is 0 Å².